The third-order valence-corrected chi connectivity index (χ3v) is 18.0. The van der Waals surface area contributed by atoms with E-state index in [9.17, 15) is 0 Å². The maximum atomic E-state index is 6.84. The average molecular weight is 1460 g/mol. The number of benzene rings is 5. The standard InChI is InChI=1S/C90H122O16/c1-9-11-13-15-17-19-21-23-37-103-87-64-84(90(65-81(87)33-29-77-59-71(3)25-27-73(77)5)106-70-86-68-100-54-52-96-46-44-92-40-42-94-48-50-98-56-58-102-86)36-32-80-62-75(7)79(61-76(80)8)31-35-82-66-89(105-69-85-67-99-53-51-95-45-43-91-39-41-93-47-49-97-55-57-101-85)83(34-30-78-60-72(4)26-28-74(78)6)63-88(82)104-38-24-22-20-18-16-14-12-10-2/h25-28,59-66,85-86H,9-24,37-58,67-70H2,1-8H3. The molecule has 5 aromatic carbocycles. The van der Waals surface area contributed by atoms with Crippen molar-refractivity contribution < 1.29 is 75.8 Å². The second-order valence-corrected chi connectivity index (χ2v) is 27.1. The summed E-state index contributed by atoms with van der Waals surface area (Å²) in [5, 5.41) is 0. The van der Waals surface area contributed by atoms with Crippen molar-refractivity contribution in [1.82, 2.24) is 0 Å². The molecule has 2 heterocycles. The van der Waals surface area contributed by atoms with Crippen LogP contribution in [0.25, 0.3) is 0 Å². The molecule has 0 N–H and O–H groups in total. The summed E-state index contributed by atoms with van der Waals surface area (Å²) in [6.45, 7) is 27.5. The van der Waals surface area contributed by atoms with Crippen LogP contribution >= 0.6 is 0 Å². The molecule has 0 amide bonds. The van der Waals surface area contributed by atoms with Crippen LogP contribution in [0.4, 0.5) is 0 Å². The minimum Gasteiger partial charge on any atom is -0.492 e. The Morgan fingerprint density at radius 1 is 0.264 bits per heavy atom. The molecule has 16 heteroatoms. The largest absolute Gasteiger partial charge is 0.492 e. The van der Waals surface area contributed by atoms with Gasteiger partial charge in [-0.05, 0) is 112 Å². The molecule has 5 aromatic rings. The third kappa shape index (κ3) is 35.4. The van der Waals surface area contributed by atoms with Gasteiger partial charge in [0.2, 0.25) is 0 Å². The van der Waals surface area contributed by atoms with Crippen LogP contribution in [0.3, 0.4) is 0 Å². The first-order chi connectivity index (χ1) is 52.1. The van der Waals surface area contributed by atoms with Gasteiger partial charge >= 0.3 is 0 Å². The van der Waals surface area contributed by atoms with Crippen molar-refractivity contribution >= 4 is 0 Å². The first kappa shape index (κ1) is 86.3. The highest BCUT2D eigenvalue weighted by atomic mass is 16.6. The molecule has 106 heavy (non-hydrogen) atoms. The Bertz CT molecular complexity index is 3540. The second-order valence-electron chi connectivity index (χ2n) is 27.1. The lowest BCUT2D eigenvalue weighted by Crippen LogP contribution is -2.29. The Kier molecular flexibility index (Phi) is 43.8. The summed E-state index contributed by atoms with van der Waals surface area (Å²) in [5.41, 5.74) is 12.6. The van der Waals surface area contributed by atoms with Gasteiger partial charge in [0.05, 0.1) is 181 Å². The number of rotatable bonds is 26. The molecule has 2 aliphatic rings. The lowest BCUT2D eigenvalue weighted by Gasteiger charge is -2.20. The maximum absolute atomic E-state index is 6.84. The summed E-state index contributed by atoms with van der Waals surface area (Å²) in [6, 6.07) is 24.8. The SMILES string of the molecule is CCCCCCCCCCOc1cc(C#Cc2cc(C)ccc2C)c(OCC2COCCOCCOCCOCCOCCO2)cc1C#Cc1cc(C)c(C#Cc2cc(OCCCCCCCCCC)c(C#Cc3cc(C)ccc3C)cc2OCC2COCCOCCOCCOCCOCCO2)cc1C. The van der Waals surface area contributed by atoms with E-state index in [-0.39, 0.29) is 26.4 Å². The molecule has 0 radical (unpaired) electrons. The molecule has 0 aromatic heterocycles. The highest BCUT2D eigenvalue weighted by Crippen LogP contribution is 2.32. The summed E-state index contributed by atoms with van der Waals surface area (Å²) in [7, 11) is 0. The van der Waals surface area contributed by atoms with Gasteiger partial charge in [-0.25, -0.2) is 0 Å². The Labute approximate surface area is 635 Å². The van der Waals surface area contributed by atoms with E-state index in [0.717, 1.165) is 81.3 Å². The smallest absolute Gasteiger partial charge is 0.136 e. The van der Waals surface area contributed by atoms with Crippen molar-refractivity contribution in [2.45, 2.75) is 170 Å². The highest BCUT2D eigenvalue weighted by molar-refractivity contribution is 5.64. The van der Waals surface area contributed by atoms with Crippen molar-refractivity contribution in [1.29, 1.82) is 0 Å². The van der Waals surface area contributed by atoms with Gasteiger partial charge in [-0.1, -0.05) is 175 Å². The fourth-order valence-corrected chi connectivity index (χ4v) is 11.6. The van der Waals surface area contributed by atoms with Gasteiger partial charge in [0.25, 0.3) is 0 Å². The minimum atomic E-state index is -0.454. The summed E-state index contributed by atoms with van der Waals surface area (Å²) in [5.74, 6) is 30.6. The summed E-state index contributed by atoms with van der Waals surface area (Å²) in [6.07, 6.45) is 18.0. The molecule has 0 saturated carbocycles. The fraction of sp³-hybridized carbons (Fsp3) is 0.578. The normalized spacial score (nSPS) is 16.8. The molecule has 578 valence electrons. The maximum Gasteiger partial charge on any atom is 0.136 e. The van der Waals surface area contributed by atoms with E-state index in [1.807, 2.05) is 24.3 Å². The van der Waals surface area contributed by atoms with Crippen molar-refractivity contribution in [2.75, 3.05) is 172 Å². The molecule has 2 fully saturated rings. The summed E-state index contributed by atoms with van der Waals surface area (Å²) >= 11 is 0. The van der Waals surface area contributed by atoms with Gasteiger partial charge in [0.15, 0.2) is 0 Å². The Morgan fingerprint density at radius 3 is 0.830 bits per heavy atom. The van der Waals surface area contributed by atoms with Crippen molar-refractivity contribution in [3.63, 3.8) is 0 Å². The van der Waals surface area contributed by atoms with Crippen LogP contribution in [0.1, 0.15) is 194 Å². The van der Waals surface area contributed by atoms with E-state index < -0.39 is 12.2 Å². The van der Waals surface area contributed by atoms with Crippen LogP contribution in [0.2, 0.25) is 0 Å². The van der Waals surface area contributed by atoms with Gasteiger partial charge in [-0.2, -0.15) is 0 Å². The van der Waals surface area contributed by atoms with E-state index in [4.69, 9.17) is 75.8 Å². The molecule has 7 rings (SSSR count). The predicted molar refractivity (Wildman–Crippen MR) is 419 cm³/mol. The topological polar surface area (TPSA) is 148 Å². The van der Waals surface area contributed by atoms with Crippen LogP contribution in [0.15, 0.2) is 72.8 Å². The van der Waals surface area contributed by atoms with E-state index in [0.29, 0.717) is 191 Å². The molecule has 0 spiro atoms. The van der Waals surface area contributed by atoms with E-state index in [1.165, 1.54) is 77.0 Å². The van der Waals surface area contributed by atoms with Crippen LogP contribution in [-0.2, 0) is 56.8 Å². The Hall–Kier alpha value is -6.94. The molecule has 2 unspecified atom stereocenters. The number of hydrogen-bond donors (Lipinski definition) is 0. The van der Waals surface area contributed by atoms with Crippen molar-refractivity contribution in [3.8, 4) is 70.4 Å². The van der Waals surface area contributed by atoms with E-state index >= 15 is 0 Å². The zero-order valence-electron chi connectivity index (χ0n) is 65.3. The molecular formula is C90H122O16. The zero-order chi connectivity index (χ0) is 74.7. The van der Waals surface area contributed by atoms with Gasteiger partial charge in [0.1, 0.15) is 48.4 Å². The fourth-order valence-electron chi connectivity index (χ4n) is 11.6. The Morgan fingerprint density at radius 2 is 0.519 bits per heavy atom. The zero-order valence-corrected chi connectivity index (χ0v) is 65.3. The first-order valence-electron chi connectivity index (χ1n) is 39.3. The molecule has 16 nitrogen and oxygen atoms in total. The third-order valence-electron chi connectivity index (χ3n) is 18.0. The van der Waals surface area contributed by atoms with E-state index in [2.05, 4.69) is 151 Å². The second kappa shape index (κ2) is 53.8. The van der Waals surface area contributed by atoms with Gasteiger partial charge in [-0.15, -0.1) is 0 Å². The highest BCUT2D eigenvalue weighted by Gasteiger charge is 2.19. The Balaban J connectivity index is 1.24. The van der Waals surface area contributed by atoms with Gasteiger partial charge in [-0.3, -0.25) is 0 Å². The quantitative estimate of drug-likeness (QED) is 0.0381. The van der Waals surface area contributed by atoms with Crippen LogP contribution in [-0.4, -0.2) is 184 Å². The number of ether oxygens (including phenoxy) is 16. The minimum absolute atomic E-state index is 0.160. The van der Waals surface area contributed by atoms with Crippen LogP contribution in [0.5, 0.6) is 23.0 Å². The van der Waals surface area contributed by atoms with Crippen molar-refractivity contribution in [2.24, 2.45) is 0 Å². The molecule has 2 atom stereocenters. The lowest BCUT2D eigenvalue weighted by atomic mass is 9.99. The van der Waals surface area contributed by atoms with Crippen LogP contribution in [0, 0.1) is 88.9 Å². The average Bonchev–Trinajstić information content (AvgIpc) is 0.819. The number of aryl methyl sites for hydroxylation is 6. The number of unbranched alkanes of at least 4 members (excludes halogenated alkanes) is 14. The monoisotopic (exact) mass is 1460 g/mol. The molecule has 0 bridgehead atoms. The molecule has 2 aliphatic heterocycles. The van der Waals surface area contributed by atoms with E-state index in [1.54, 1.807) is 0 Å². The van der Waals surface area contributed by atoms with Gasteiger partial charge in [0, 0.05) is 46.5 Å². The van der Waals surface area contributed by atoms with Gasteiger partial charge < -0.3 is 75.8 Å². The molecule has 0 aliphatic carbocycles. The first-order valence-corrected chi connectivity index (χ1v) is 39.3. The molecule has 2 saturated heterocycles. The van der Waals surface area contributed by atoms with Crippen LogP contribution < -0.4 is 18.9 Å². The predicted octanol–water partition coefficient (Wildman–Crippen LogP) is 15.9. The summed E-state index contributed by atoms with van der Waals surface area (Å²) < 4.78 is 98.2. The molecular weight excluding hydrogens is 1340 g/mol. The summed E-state index contributed by atoms with van der Waals surface area (Å²) in [4.78, 5) is 0. The van der Waals surface area contributed by atoms with Crippen molar-refractivity contribution in [3.05, 3.63) is 151 Å². The lowest BCUT2D eigenvalue weighted by molar-refractivity contribution is -0.0711. The number of hydrogen-bond acceptors (Lipinski definition) is 16.